The van der Waals surface area contributed by atoms with Gasteiger partial charge < -0.3 is 11.1 Å². The molecule has 3 N–H and O–H groups in total. The van der Waals surface area contributed by atoms with Gasteiger partial charge in [-0.25, -0.2) is 0 Å². The van der Waals surface area contributed by atoms with Crippen molar-refractivity contribution in [3.8, 4) is 0 Å². The van der Waals surface area contributed by atoms with Gasteiger partial charge in [-0.05, 0) is 31.1 Å². The van der Waals surface area contributed by atoms with E-state index in [9.17, 15) is 4.79 Å². The van der Waals surface area contributed by atoms with E-state index >= 15 is 0 Å². The van der Waals surface area contributed by atoms with Crippen LogP contribution in [-0.2, 0) is 4.79 Å². The average molecular weight is 240 g/mol. The number of unbranched alkanes of at least 4 members (excludes halogenated alkanes) is 1. The third-order valence-electron chi connectivity index (χ3n) is 3.91. The summed E-state index contributed by atoms with van der Waals surface area (Å²) >= 11 is 0. The molecule has 0 heterocycles. The highest BCUT2D eigenvalue weighted by atomic mass is 16.2. The number of hydrogen-bond acceptors (Lipinski definition) is 2. The summed E-state index contributed by atoms with van der Waals surface area (Å²) in [5.74, 6) is 1.58. The fraction of sp³-hybridized carbons (Fsp3) is 0.929. The molecule has 0 bridgehead atoms. The Kier molecular flexibility index (Phi) is 6.56. The van der Waals surface area contributed by atoms with E-state index in [1.54, 1.807) is 0 Å². The summed E-state index contributed by atoms with van der Waals surface area (Å²) in [5.41, 5.74) is 5.83. The quantitative estimate of drug-likeness (QED) is 0.749. The summed E-state index contributed by atoms with van der Waals surface area (Å²) in [6.07, 6.45) is 8.07. The molecular weight excluding hydrogens is 212 g/mol. The zero-order valence-corrected chi connectivity index (χ0v) is 11.4. The Morgan fingerprint density at radius 2 is 2.00 bits per heavy atom. The predicted octanol–water partition coefficient (Wildman–Crippen LogP) is 2.45. The highest BCUT2D eigenvalue weighted by Crippen LogP contribution is 2.27. The van der Waals surface area contributed by atoms with Gasteiger partial charge in [-0.1, -0.05) is 39.5 Å². The van der Waals surface area contributed by atoms with Crippen molar-refractivity contribution in [2.45, 2.75) is 64.8 Å². The SMILES string of the molecule is CCCC[C@H](N)C(=O)NCC1CCC(C)CC1. The van der Waals surface area contributed by atoms with Crippen LogP contribution >= 0.6 is 0 Å². The van der Waals surface area contributed by atoms with Gasteiger partial charge in [-0.15, -0.1) is 0 Å². The minimum atomic E-state index is -0.308. The maximum atomic E-state index is 11.7. The van der Waals surface area contributed by atoms with Gasteiger partial charge in [0.05, 0.1) is 6.04 Å². The Labute approximate surface area is 106 Å². The zero-order chi connectivity index (χ0) is 12.7. The molecule has 3 heteroatoms. The van der Waals surface area contributed by atoms with Crippen LogP contribution in [0, 0.1) is 11.8 Å². The van der Waals surface area contributed by atoms with Crippen LogP contribution in [0.3, 0.4) is 0 Å². The van der Waals surface area contributed by atoms with Gasteiger partial charge in [-0.2, -0.15) is 0 Å². The van der Waals surface area contributed by atoms with E-state index in [2.05, 4.69) is 19.2 Å². The second-order valence-electron chi connectivity index (χ2n) is 5.62. The molecule has 0 aromatic carbocycles. The molecule has 1 aliphatic rings. The second kappa shape index (κ2) is 7.70. The maximum absolute atomic E-state index is 11.7. The molecule has 1 fully saturated rings. The molecule has 1 saturated carbocycles. The van der Waals surface area contributed by atoms with Crippen molar-refractivity contribution in [1.82, 2.24) is 5.32 Å². The summed E-state index contributed by atoms with van der Waals surface area (Å²) in [6.45, 7) is 5.26. The molecule has 1 amide bonds. The minimum absolute atomic E-state index is 0.0390. The Morgan fingerprint density at radius 3 is 2.59 bits per heavy atom. The maximum Gasteiger partial charge on any atom is 0.236 e. The molecule has 3 nitrogen and oxygen atoms in total. The molecule has 1 atom stereocenters. The van der Waals surface area contributed by atoms with Crippen molar-refractivity contribution >= 4 is 5.91 Å². The number of nitrogens with one attached hydrogen (secondary N) is 1. The van der Waals surface area contributed by atoms with Gasteiger partial charge in [0.25, 0.3) is 0 Å². The van der Waals surface area contributed by atoms with Crippen LogP contribution in [0.25, 0.3) is 0 Å². The number of carbonyl (C=O) groups excluding carboxylic acids is 1. The molecule has 0 unspecified atom stereocenters. The van der Waals surface area contributed by atoms with Crippen LogP contribution in [0.15, 0.2) is 0 Å². The molecule has 1 rings (SSSR count). The number of hydrogen-bond donors (Lipinski definition) is 2. The Hall–Kier alpha value is -0.570. The van der Waals surface area contributed by atoms with Crippen LogP contribution in [0.4, 0.5) is 0 Å². The topological polar surface area (TPSA) is 55.1 Å². The fourth-order valence-electron chi connectivity index (χ4n) is 2.46. The number of amides is 1. The Balaban J connectivity index is 2.14. The highest BCUT2D eigenvalue weighted by Gasteiger charge is 2.19. The van der Waals surface area contributed by atoms with Crippen molar-refractivity contribution in [2.24, 2.45) is 17.6 Å². The van der Waals surface area contributed by atoms with Crippen molar-refractivity contribution in [2.75, 3.05) is 6.54 Å². The lowest BCUT2D eigenvalue weighted by molar-refractivity contribution is -0.122. The third kappa shape index (κ3) is 5.53. The summed E-state index contributed by atoms with van der Waals surface area (Å²) < 4.78 is 0. The first-order valence-electron chi connectivity index (χ1n) is 7.16. The van der Waals surface area contributed by atoms with Gasteiger partial charge in [0.1, 0.15) is 0 Å². The molecule has 0 aromatic heterocycles. The van der Waals surface area contributed by atoms with E-state index in [0.29, 0.717) is 5.92 Å². The van der Waals surface area contributed by atoms with Gasteiger partial charge in [0, 0.05) is 6.54 Å². The van der Waals surface area contributed by atoms with E-state index in [-0.39, 0.29) is 11.9 Å². The van der Waals surface area contributed by atoms with Crippen molar-refractivity contribution in [3.63, 3.8) is 0 Å². The summed E-state index contributed by atoms with van der Waals surface area (Å²) in [4.78, 5) is 11.7. The smallest absolute Gasteiger partial charge is 0.236 e. The molecule has 0 saturated heterocycles. The van der Waals surface area contributed by atoms with Crippen LogP contribution in [0.5, 0.6) is 0 Å². The lowest BCUT2D eigenvalue weighted by Gasteiger charge is -2.26. The van der Waals surface area contributed by atoms with Gasteiger partial charge in [0.15, 0.2) is 0 Å². The molecule has 100 valence electrons. The lowest BCUT2D eigenvalue weighted by Crippen LogP contribution is -2.42. The average Bonchev–Trinajstić information content (AvgIpc) is 2.34. The Bertz CT molecular complexity index is 222. The van der Waals surface area contributed by atoms with E-state index < -0.39 is 0 Å². The van der Waals surface area contributed by atoms with Crippen LogP contribution < -0.4 is 11.1 Å². The predicted molar refractivity (Wildman–Crippen MR) is 71.6 cm³/mol. The van der Waals surface area contributed by atoms with Crippen molar-refractivity contribution in [1.29, 1.82) is 0 Å². The largest absolute Gasteiger partial charge is 0.354 e. The van der Waals surface area contributed by atoms with Crippen molar-refractivity contribution in [3.05, 3.63) is 0 Å². The van der Waals surface area contributed by atoms with E-state index in [0.717, 1.165) is 31.7 Å². The number of nitrogens with two attached hydrogens (primary N) is 1. The van der Waals surface area contributed by atoms with E-state index in [4.69, 9.17) is 5.73 Å². The molecular formula is C14H28N2O. The van der Waals surface area contributed by atoms with Crippen molar-refractivity contribution < 1.29 is 4.79 Å². The first-order valence-corrected chi connectivity index (χ1v) is 7.16. The van der Waals surface area contributed by atoms with Crippen LogP contribution in [-0.4, -0.2) is 18.5 Å². The monoisotopic (exact) mass is 240 g/mol. The van der Waals surface area contributed by atoms with Gasteiger partial charge in [-0.3, -0.25) is 4.79 Å². The van der Waals surface area contributed by atoms with E-state index in [1.807, 2.05) is 0 Å². The lowest BCUT2D eigenvalue weighted by atomic mass is 9.83. The molecule has 0 aromatic rings. The Morgan fingerprint density at radius 1 is 1.35 bits per heavy atom. The van der Waals surface area contributed by atoms with E-state index in [1.165, 1.54) is 25.7 Å². The molecule has 0 spiro atoms. The van der Waals surface area contributed by atoms with Gasteiger partial charge >= 0.3 is 0 Å². The second-order valence-corrected chi connectivity index (χ2v) is 5.62. The van der Waals surface area contributed by atoms with Crippen LogP contribution in [0.2, 0.25) is 0 Å². The summed E-state index contributed by atoms with van der Waals surface area (Å²) in [5, 5.41) is 3.01. The third-order valence-corrected chi connectivity index (χ3v) is 3.91. The zero-order valence-electron chi connectivity index (χ0n) is 11.4. The number of rotatable bonds is 6. The first-order chi connectivity index (χ1) is 8.13. The standard InChI is InChI=1S/C14H28N2O/c1-3-4-5-13(15)14(17)16-10-12-8-6-11(2)7-9-12/h11-13H,3-10,15H2,1-2H3,(H,16,17)/t11?,12?,13-/m0/s1. The first kappa shape index (κ1) is 14.5. The highest BCUT2D eigenvalue weighted by molar-refractivity contribution is 5.81. The molecule has 17 heavy (non-hydrogen) atoms. The molecule has 0 aliphatic heterocycles. The molecule has 0 radical (unpaired) electrons. The van der Waals surface area contributed by atoms with Crippen LogP contribution in [0.1, 0.15) is 58.8 Å². The summed E-state index contributed by atoms with van der Waals surface area (Å²) in [6, 6.07) is -0.308. The number of carbonyl (C=O) groups is 1. The fourth-order valence-corrected chi connectivity index (χ4v) is 2.46. The molecule has 1 aliphatic carbocycles. The summed E-state index contributed by atoms with van der Waals surface area (Å²) in [7, 11) is 0. The normalized spacial score (nSPS) is 26.5. The van der Waals surface area contributed by atoms with Gasteiger partial charge in [0.2, 0.25) is 5.91 Å². The minimum Gasteiger partial charge on any atom is -0.354 e.